The van der Waals surface area contributed by atoms with E-state index in [0.717, 1.165) is 28.2 Å². The molecule has 0 spiro atoms. The van der Waals surface area contributed by atoms with E-state index in [0.29, 0.717) is 6.42 Å². The topological polar surface area (TPSA) is 81.6 Å². The molecule has 5 nitrogen and oxygen atoms in total. The first-order valence-corrected chi connectivity index (χ1v) is 9.30. The summed E-state index contributed by atoms with van der Waals surface area (Å²) < 4.78 is 0. The van der Waals surface area contributed by atoms with Crippen LogP contribution in [0.5, 0.6) is 0 Å². The van der Waals surface area contributed by atoms with E-state index in [4.69, 9.17) is 5.41 Å². The van der Waals surface area contributed by atoms with Gasteiger partial charge in [-0.15, -0.1) is 0 Å². The average Bonchev–Trinajstić information content (AvgIpc) is 2.79. The zero-order valence-electron chi connectivity index (χ0n) is 16.0. The third-order valence-corrected chi connectivity index (χ3v) is 4.91. The summed E-state index contributed by atoms with van der Waals surface area (Å²) in [5, 5.41) is 16.6. The third-order valence-electron chi connectivity index (χ3n) is 4.91. The van der Waals surface area contributed by atoms with Crippen molar-refractivity contribution in [1.29, 1.82) is 5.41 Å². The van der Waals surface area contributed by atoms with Gasteiger partial charge < -0.3 is 21.4 Å². The number of rotatable bonds is 5. The number of amides is 1. The monoisotopic (exact) mass is 363 g/mol. The Hall–Kier alpha value is -2.92. The summed E-state index contributed by atoms with van der Waals surface area (Å²) in [5.74, 6) is 0.00673. The summed E-state index contributed by atoms with van der Waals surface area (Å²) >= 11 is 0. The SMILES string of the molecule is CC([NH2+]C(C)c1ccccc1)=C(C=N)c1cccc2c1NC(C)CC(=O)N2. The zero-order chi connectivity index (χ0) is 19.4. The van der Waals surface area contributed by atoms with Gasteiger partial charge in [-0.05, 0) is 19.9 Å². The Morgan fingerprint density at radius 3 is 2.67 bits per heavy atom. The van der Waals surface area contributed by atoms with Crippen molar-refractivity contribution < 1.29 is 10.1 Å². The van der Waals surface area contributed by atoms with Crippen molar-refractivity contribution in [2.45, 2.75) is 39.3 Å². The summed E-state index contributed by atoms with van der Waals surface area (Å²) in [7, 11) is 0. The molecule has 2 unspecified atom stereocenters. The normalized spacial score (nSPS) is 18.3. The lowest BCUT2D eigenvalue weighted by Gasteiger charge is -2.18. The summed E-state index contributed by atoms with van der Waals surface area (Å²) in [6, 6.07) is 16.4. The smallest absolute Gasteiger partial charge is 0.226 e. The number of benzene rings is 2. The number of quaternary nitrogens is 1. The molecule has 1 heterocycles. The summed E-state index contributed by atoms with van der Waals surface area (Å²) in [6.07, 6.45) is 1.83. The maximum absolute atomic E-state index is 12.0. The summed E-state index contributed by atoms with van der Waals surface area (Å²) in [6.45, 7) is 6.19. The van der Waals surface area contributed by atoms with Crippen LogP contribution in [0.4, 0.5) is 11.4 Å². The highest BCUT2D eigenvalue weighted by Crippen LogP contribution is 2.34. The van der Waals surface area contributed by atoms with E-state index in [1.807, 2.05) is 50.2 Å². The van der Waals surface area contributed by atoms with Crippen molar-refractivity contribution in [3.63, 3.8) is 0 Å². The number of para-hydroxylation sites is 1. The Bertz CT molecular complexity index is 873. The molecule has 0 aliphatic carbocycles. The molecule has 0 fully saturated rings. The molecule has 5 N–H and O–H groups in total. The number of carbonyl (C=O) groups is 1. The van der Waals surface area contributed by atoms with E-state index >= 15 is 0 Å². The first-order chi connectivity index (χ1) is 13.0. The van der Waals surface area contributed by atoms with Crippen LogP contribution in [0.3, 0.4) is 0 Å². The number of fused-ring (bicyclic) bond motifs is 1. The van der Waals surface area contributed by atoms with Gasteiger partial charge in [0.1, 0.15) is 11.7 Å². The lowest BCUT2D eigenvalue weighted by molar-refractivity contribution is -0.645. The zero-order valence-corrected chi connectivity index (χ0v) is 16.0. The standard InChI is InChI=1S/C22H26N4O/c1-14-12-21(27)26-20-11-7-10-18(22(20)24-14)19(13-23)16(3)25-15(2)17-8-5-4-6-9-17/h4-11,13-15,23-25H,12H2,1-3H3,(H,26,27)/p+1. The van der Waals surface area contributed by atoms with Gasteiger partial charge in [0, 0.05) is 36.7 Å². The number of allylic oxidation sites excluding steroid dienone is 2. The molecule has 1 aliphatic rings. The molecule has 3 rings (SSSR count). The first kappa shape index (κ1) is 18.9. The summed E-state index contributed by atoms with van der Waals surface area (Å²) in [5.41, 5.74) is 5.72. The molecule has 0 aromatic heterocycles. The van der Waals surface area contributed by atoms with Crippen LogP contribution >= 0.6 is 0 Å². The quantitative estimate of drug-likeness (QED) is 0.613. The lowest BCUT2D eigenvalue weighted by atomic mass is 10.00. The van der Waals surface area contributed by atoms with Gasteiger partial charge in [0.25, 0.3) is 0 Å². The molecule has 140 valence electrons. The predicted molar refractivity (Wildman–Crippen MR) is 111 cm³/mol. The van der Waals surface area contributed by atoms with Gasteiger partial charge in [0.2, 0.25) is 5.91 Å². The molecule has 5 heteroatoms. The highest BCUT2D eigenvalue weighted by Gasteiger charge is 2.22. The van der Waals surface area contributed by atoms with Crippen LogP contribution in [0.15, 0.2) is 54.2 Å². The van der Waals surface area contributed by atoms with Crippen molar-refractivity contribution in [1.82, 2.24) is 0 Å². The van der Waals surface area contributed by atoms with Crippen molar-refractivity contribution in [3.05, 3.63) is 65.4 Å². The fraction of sp³-hybridized carbons (Fsp3) is 0.273. The number of nitrogens with one attached hydrogen (secondary N) is 3. The van der Waals surface area contributed by atoms with Gasteiger partial charge in [-0.1, -0.05) is 42.5 Å². The molecule has 2 atom stereocenters. The third kappa shape index (κ3) is 4.26. The van der Waals surface area contributed by atoms with Crippen LogP contribution in [0, 0.1) is 5.41 Å². The fourth-order valence-corrected chi connectivity index (χ4v) is 3.53. The number of carbonyl (C=O) groups excluding carboxylic acids is 1. The minimum Gasteiger partial charge on any atom is -0.380 e. The Kier molecular flexibility index (Phi) is 5.72. The molecule has 27 heavy (non-hydrogen) atoms. The van der Waals surface area contributed by atoms with Crippen LogP contribution in [-0.2, 0) is 4.79 Å². The second-order valence-corrected chi connectivity index (χ2v) is 7.13. The average molecular weight is 363 g/mol. The van der Waals surface area contributed by atoms with Crippen molar-refractivity contribution in [2.24, 2.45) is 0 Å². The fourth-order valence-electron chi connectivity index (χ4n) is 3.53. The maximum Gasteiger partial charge on any atom is 0.226 e. The van der Waals surface area contributed by atoms with Crippen molar-refractivity contribution in [2.75, 3.05) is 10.6 Å². The second kappa shape index (κ2) is 8.18. The lowest BCUT2D eigenvalue weighted by Crippen LogP contribution is -2.82. The van der Waals surface area contributed by atoms with Gasteiger partial charge in [0.05, 0.1) is 16.9 Å². The Labute approximate surface area is 160 Å². The van der Waals surface area contributed by atoms with E-state index in [-0.39, 0.29) is 18.0 Å². The molecule has 0 bridgehead atoms. The molecule has 2 aromatic rings. The molecule has 2 aromatic carbocycles. The van der Waals surface area contributed by atoms with E-state index < -0.39 is 0 Å². The van der Waals surface area contributed by atoms with E-state index in [1.54, 1.807) is 0 Å². The highest BCUT2D eigenvalue weighted by atomic mass is 16.1. The number of anilines is 2. The maximum atomic E-state index is 12.0. The highest BCUT2D eigenvalue weighted by molar-refractivity contribution is 6.13. The molecule has 0 radical (unpaired) electrons. The predicted octanol–water partition coefficient (Wildman–Crippen LogP) is 3.53. The van der Waals surface area contributed by atoms with Gasteiger partial charge in [0.15, 0.2) is 0 Å². The minimum absolute atomic E-state index is 0.00673. The minimum atomic E-state index is 0.00673. The van der Waals surface area contributed by atoms with Crippen LogP contribution in [0.1, 0.15) is 44.4 Å². The van der Waals surface area contributed by atoms with Gasteiger partial charge in [-0.25, -0.2) is 0 Å². The molecular weight excluding hydrogens is 336 g/mol. The van der Waals surface area contributed by atoms with Crippen LogP contribution < -0.4 is 16.0 Å². The van der Waals surface area contributed by atoms with Crippen LogP contribution in [0.25, 0.3) is 5.57 Å². The summed E-state index contributed by atoms with van der Waals surface area (Å²) in [4.78, 5) is 12.0. The molecule has 0 saturated heterocycles. The Morgan fingerprint density at radius 2 is 1.96 bits per heavy atom. The molecule has 1 aliphatic heterocycles. The van der Waals surface area contributed by atoms with Crippen LogP contribution in [-0.4, -0.2) is 18.2 Å². The molecule has 1 amide bonds. The number of hydrogen-bond donors (Lipinski definition) is 4. The largest absolute Gasteiger partial charge is 0.380 e. The number of nitrogens with two attached hydrogens (primary N) is 1. The van der Waals surface area contributed by atoms with Gasteiger partial charge in [-0.2, -0.15) is 0 Å². The van der Waals surface area contributed by atoms with Crippen LogP contribution in [0.2, 0.25) is 0 Å². The van der Waals surface area contributed by atoms with Crippen molar-refractivity contribution in [3.8, 4) is 0 Å². The van der Waals surface area contributed by atoms with E-state index in [1.165, 1.54) is 11.8 Å². The first-order valence-electron chi connectivity index (χ1n) is 9.30. The Balaban J connectivity index is 1.98. The van der Waals surface area contributed by atoms with Crippen molar-refractivity contribution >= 4 is 29.1 Å². The second-order valence-electron chi connectivity index (χ2n) is 7.13. The number of hydrogen-bond acceptors (Lipinski definition) is 3. The van der Waals surface area contributed by atoms with E-state index in [9.17, 15) is 4.79 Å². The molecular formula is C22H27N4O+. The van der Waals surface area contributed by atoms with Gasteiger partial charge in [-0.3, -0.25) is 4.79 Å². The Morgan fingerprint density at radius 1 is 1.22 bits per heavy atom. The van der Waals surface area contributed by atoms with E-state index in [2.05, 4.69) is 35.0 Å². The molecule has 0 saturated carbocycles. The van der Waals surface area contributed by atoms with Gasteiger partial charge >= 0.3 is 0 Å².